The molecule has 6 heteroatoms. The molecule has 0 aromatic heterocycles. The number of Topliss-reactive ketones (excluding diaryl/α,β-unsaturated/α-hetero) is 1. The minimum Gasteiger partial charge on any atom is -0.326 e. The molecule has 0 atom stereocenters. The molecule has 0 bridgehead atoms. The topological polar surface area (TPSA) is 89.3 Å². The Bertz CT molecular complexity index is 799. The quantitative estimate of drug-likeness (QED) is 0.496. The summed E-state index contributed by atoms with van der Waals surface area (Å²) < 4.78 is 0. The van der Waals surface area contributed by atoms with Gasteiger partial charge in [0.1, 0.15) is 0 Å². The molecule has 1 N–H and O–H groups in total. The van der Waals surface area contributed by atoms with Crippen LogP contribution < -0.4 is 5.32 Å². The standard InChI is InChI=1S/C18H18N2O4/c1-12-6-7-14(10-13(12)2)17(21)8-9-18(22)19-15-4-3-5-16(11-15)20(23)24/h3-7,10-11H,8-9H2,1-2H3,(H,19,22). The molecule has 0 aliphatic carbocycles. The zero-order chi connectivity index (χ0) is 17.7. The normalized spacial score (nSPS) is 10.2. The number of rotatable bonds is 6. The van der Waals surface area contributed by atoms with E-state index in [1.54, 1.807) is 12.1 Å². The van der Waals surface area contributed by atoms with E-state index in [1.165, 1.54) is 18.2 Å². The fourth-order valence-corrected chi connectivity index (χ4v) is 2.21. The van der Waals surface area contributed by atoms with Crippen molar-refractivity contribution in [1.29, 1.82) is 0 Å². The molecule has 0 fully saturated rings. The molecule has 0 saturated heterocycles. The number of nitro groups is 1. The second kappa shape index (κ2) is 7.50. The predicted molar refractivity (Wildman–Crippen MR) is 91.2 cm³/mol. The summed E-state index contributed by atoms with van der Waals surface area (Å²) >= 11 is 0. The van der Waals surface area contributed by atoms with Gasteiger partial charge in [-0.1, -0.05) is 18.2 Å². The largest absolute Gasteiger partial charge is 0.326 e. The van der Waals surface area contributed by atoms with Crippen molar-refractivity contribution in [3.63, 3.8) is 0 Å². The number of carbonyl (C=O) groups is 2. The SMILES string of the molecule is Cc1ccc(C(=O)CCC(=O)Nc2cccc([N+](=O)[O-])c2)cc1C. The third kappa shape index (κ3) is 4.49. The maximum Gasteiger partial charge on any atom is 0.271 e. The molecule has 0 aliphatic heterocycles. The molecule has 24 heavy (non-hydrogen) atoms. The highest BCUT2D eigenvalue weighted by atomic mass is 16.6. The van der Waals surface area contributed by atoms with Crippen molar-refractivity contribution >= 4 is 23.1 Å². The fourth-order valence-electron chi connectivity index (χ4n) is 2.21. The second-order valence-electron chi connectivity index (χ2n) is 5.58. The van der Waals surface area contributed by atoms with Gasteiger partial charge in [0.2, 0.25) is 5.91 Å². The molecule has 0 saturated carbocycles. The van der Waals surface area contributed by atoms with Crippen LogP contribution in [0.2, 0.25) is 0 Å². The Morgan fingerprint density at radius 1 is 1.04 bits per heavy atom. The molecule has 0 spiro atoms. The molecule has 2 rings (SSSR count). The lowest BCUT2D eigenvalue weighted by molar-refractivity contribution is -0.384. The Hall–Kier alpha value is -3.02. The van der Waals surface area contributed by atoms with Crippen molar-refractivity contribution in [3.8, 4) is 0 Å². The van der Waals surface area contributed by atoms with Crippen molar-refractivity contribution in [1.82, 2.24) is 0 Å². The van der Waals surface area contributed by atoms with Crippen LogP contribution in [0.4, 0.5) is 11.4 Å². The summed E-state index contributed by atoms with van der Waals surface area (Å²) in [4.78, 5) is 34.2. The third-order valence-electron chi connectivity index (χ3n) is 3.75. The van der Waals surface area contributed by atoms with Crippen LogP contribution >= 0.6 is 0 Å². The number of anilines is 1. The Morgan fingerprint density at radius 2 is 1.79 bits per heavy atom. The van der Waals surface area contributed by atoms with E-state index in [4.69, 9.17) is 0 Å². The third-order valence-corrected chi connectivity index (χ3v) is 3.75. The van der Waals surface area contributed by atoms with E-state index < -0.39 is 4.92 Å². The Labute approximate surface area is 139 Å². The van der Waals surface area contributed by atoms with E-state index in [0.717, 1.165) is 11.1 Å². The van der Waals surface area contributed by atoms with Crippen molar-refractivity contribution in [3.05, 3.63) is 69.3 Å². The maximum atomic E-state index is 12.1. The van der Waals surface area contributed by atoms with E-state index >= 15 is 0 Å². The lowest BCUT2D eigenvalue weighted by Crippen LogP contribution is -2.13. The van der Waals surface area contributed by atoms with Crippen molar-refractivity contribution in [2.24, 2.45) is 0 Å². The van der Waals surface area contributed by atoms with Crippen LogP contribution in [-0.4, -0.2) is 16.6 Å². The molecular weight excluding hydrogens is 308 g/mol. The summed E-state index contributed by atoms with van der Waals surface area (Å²) in [5.74, 6) is -0.458. The number of nitrogens with one attached hydrogen (secondary N) is 1. The van der Waals surface area contributed by atoms with E-state index in [0.29, 0.717) is 11.3 Å². The number of non-ortho nitro benzene ring substituents is 1. The van der Waals surface area contributed by atoms with Gasteiger partial charge in [0.05, 0.1) is 4.92 Å². The first-order chi connectivity index (χ1) is 11.4. The first kappa shape index (κ1) is 17.3. The number of carbonyl (C=O) groups excluding carboxylic acids is 2. The summed E-state index contributed by atoms with van der Waals surface area (Å²) in [6.45, 7) is 3.90. The summed E-state index contributed by atoms with van der Waals surface area (Å²) in [5, 5.41) is 13.3. The van der Waals surface area contributed by atoms with Crippen LogP contribution in [-0.2, 0) is 4.79 Å². The van der Waals surface area contributed by atoms with Gasteiger partial charge in [-0.2, -0.15) is 0 Å². The van der Waals surface area contributed by atoms with Crippen LogP contribution in [0.1, 0.15) is 34.3 Å². The Balaban J connectivity index is 1.93. The van der Waals surface area contributed by atoms with Crippen molar-refractivity contribution in [2.45, 2.75) is 26.7 Å². The molecule has 2 aromatic carbocycles. The minimum absolute atomic E-state index is 0.0223. The summed E-state index contributed by atoms with van der Waals surface area (Å²) in [6, 6.07) is 11.1. The van der Waals surface area contributed by atoms with E-state index in [2.05, 4.69) is 5.32 Å². The van der Waals surface area contributed by atoms with Gasteiger partial charge in [-0.25, -0.2) is 0 Å². The van der Waals surface area contributed by atoms with Gasteiger partial charge in [-0.3, -0.25) is 19.7 Å². The number of ketones is 1. The predicted octanol–water partition coefficient (Wildman–Crippen LogP) is 3.81. The molecular formula is C18H18N2O4. The maximum absolute atomic E-state index is 12.1. The Kier molecular flexibility index (Phi) is 5.42. The average molecular weight is 326 g/mol. The smallest absolute Gasteiger partial charge is 0.271 e. The van der Waals surface area contributed by atoms with E-state index in [-0.39, 0.29) is 30.2 Å². The van der Waals surface area contributed by atoms with Crippen LogP contribution in [0.5, 0.6) is 0 Å². The van der Waals surface area contributed by atoms with Gasteiger partial charge in [0.25, 0.3) is 5.69 Å². The number of amides is 1. The first-order valence-electron chi connectivity index (χ1n) is 7.51. The van der Waals surface area contributed by atoms with Gasteiger partial charge < -0.3 is 5.32 Å². The van der Waals surface area contributed by atoms with Crippen molar-refractivity contribution in [2.75, 3.05) is 5.32 Å². The number of nitro benzene ring substituents is 1. The summed E-state index contributed by atoms with van der Waals surface area (Å²) in [6.07, 6.45) is 0.109. The molecule has 2 aromatic rings. The number of hydrogen-bond donors (Lipinski definition) is 1. The Morgan fingerprint density at radius 3 is 2.46 bits per heavy atom. The zero-order valence-electron chi connectivity index (χ0n) is 13.5. The zero-order valence-corrected chi connectivity index (χ0v) is 13.5. The van der Waals surface area contributed by atoms with E-state index in [1.807, 2.05) is 26.0 Å². The number of nitrogens with zero attached hydrogens (tertiary/aromatic N) is 1. The minimum atomic E-state index is -0.529. The van der Waals surface area contributed by atoms with Crippen LogP contribution in [0, 0.1) is 24.0 Å². The van der Waals surface area contributed by atoms with E-state index in [9.17, 15) is 19.7 Å². The fraction of sp³-hybridized carbons (Fsp3) is 0.222. The van der Waals surface area contributed by atoms with Crippen LogP contribution in [0.15, 0.2) is 42.5 Å². The highest BCUT2D eigenvalue weighted by molar-refractivity contribution is 6.00. The molecule has 0 heterocycles. The summed E-state index contributed by atoms with van der Waals surface area (Å²) in [5.41, 5.74) is 2.96. The average Bonchev–Trinajstić information content (AvgIpc) is 2.55. The van der Waals surface area contributed by atoms with Gasteiger partial charge in [-0.05, 0) is 37.1 Å². The molecule has 0 aliphatic rings. The van der Waals surface area contributed by atoms with Gasteiger partial charge >= 0.3 is 0 Å². The lowest BCUT2D eigenvalue weighted by atomic mass is 10.0. The second-order valence-corrected chi connectivity index (χ2v) is 5.58. The molecule has 0 unspecified atom stereocenters. The van der Waals surface area contributed by atoms with Crippen LogP contribution in [0.3, 0.4) is 0 Å². The van der Waals surface area contributed by atoms with Crippen molar-refractivity contribution < 1.29 is 14.5 Å². The molecule has 0 radical (unpaired) electrons. The van der Waals surface area contributed by atoms with Crippen LogP contribution in [0.25, 0.3) is 0 Å². The first-order valence-corrected chi connectivity index (χ1v) is 7.51. The summed E-state index contributed by atoms with van der Waals surface area (Å²) in [7, 11) is 0. The molecule has 1 amide bonds. The molecule has 124 valence electrons. The number of benzene rings is 2. The van der Waals surface area contributed by atoms with Gasteiger partial charge in [0.15, 0.2) is 5.78 Å². The number of aryl methyl sites for hydroxylation is 2. The number of hydrogen-bond acceptors (Lipinski definition) is 4. The highest BCUT2D eigenvalue weighted by Gasteiger charge is 2.12. The van der Waals surface area contributed by atoms with Gasteiger partial charge in [0, 0.05) is 36.2 Å². The lowest BCUT2D eigenvalue weighted by Gasteiger charge is -2.06. The molecule has 6 nitrogen and oxygen atoms in total. The monoisotopic (exact) mass is 326 g/mol. The highest BCUT2D eigenvalue weighted by Crippen LogP contribution is 2.18. The van der Waals surface area contributed by atoms with Gasteiger partial charge in [-0.15, -0.1) is 0 Å².